The standard InChI is InChI=1S/C34H51N3O6/c1-3-4-5-8-28(39)20-30(42-23(2)38)12-11-24-16-27(34(41)31(17-24)43-29-9-6-7-10-29)22-37-21-26(19-33(37)40)15-25-13-14-36-32(35)18-25/h13,16-18,26,28-30,36,39,41H,3-12,14-15,19-22,35H2,1-2H3/t26-,28-,30+/m0/s1. The minimum atomic E-state index is -0.519. The van der Waals surface area contributed by atoms with E-state index in [4.69, 9.17) is 15.2 Å². The molecule has 43 heavy (non-hydrogen) atoms. The van der Waals surface area contributed by atoms with E-state index in [0.29, 0.717) is 68.9 Å². The number of nitrogens with zero attached hydrogens (tertiary/aromatic N) is 1. The van der Waals surface area contributed by atoms with Gasteiger partial charge in [-0.25, -0.2) is 0 Å². The largest absolute Gasteiger partial charge is 0.504 e. The van der Waals surface area contributed by atoms with E-state index in [0.717, 1.165) is 62.5 Å². The molecule has 1 aromatic carbocycles. The predicted molar refractivity (Wildman–Crippen MR) is 166 cm³/mol. The Kier molecular flexibility index (Phi) is 12.2. The van der Waals surface area contributed by atoms with Crippen molar-refractivity contribution in [3.05, 3.63) is 46.8 Å². The lowest BCUT2D eigenvalue weighted by Gasteiger charge is -2.23. The van der Waals surface area contributed by atoms with Crippen LogP contribution in [0.4, 0.5) is 0 Å². The summed E-state index contributed by atoms with van der Waals surface area (Å²) >= 11 is 0. The number of nitrogens with one attached hydrogen (secondary N) is 1. The van der Waals surface area contributed by atoms with Gasteiger partial charge in [-0.15, -0.1) is 0 Å². The van der Waals surface area contributed by atoms with E-state index in [1.807, 2.05) is 23.1 Å². The molecule has 3 atom stereocenters. The van der Waals surface area contributed by atoms with E-state index in [-0.39, 0.29) is 29.6 Å². The summed E-state index contributed by atoms with van der Waals surface area (Å²) in [7, 11) is 0. The van der Waals surface area contributed by atoms with Crippen molar-refractivity contribution in [2.24, 2.45) is 11.7 Å². The van der Waals surface area contributed by atoms with Gasteiger partial charge in [0, 0.05) is 45.0 Å². The molecule has 0 unspecified atom stereocenters. The smallest absolute Gasteiger partial charge is 0.302 e. The lowest BCUT2D eigenvalue weighted by Crippen LogP contribution is -2.25. The summed E-state index contributed by atoms with van der Waals surface area (Å²) in [6.07, 6.45) is 13.9. The summed E-state index contributed by atoms with van der Waals surface area (Å²) in [6, 6.07) is 3.83. The van der Waals surface area contributed by atoms with Crippen LogP contribution >= 0.6 is 0 Å². The van der Waals surface area contributed by atoms with Crippen molar-refractivity contribution in [3.8, 4) is 11.5 Å². The van der Waals surface area contributed by atoms with Crippen molar-refractivity contribution in [2.75, 3.05) is 13.1 Å². The van der Waals surface area contributed by atoms with Crippen LogP contribution in [0.2, 0.25) is 0 Å². The van der Waals surface area contributed by atoms with E-state index in [1.165, 1.54) is 6.92 Å². The normalized spacial score (nSPS) is 20.4. The van der Waals surface area contributed by atoms with Crippen molar-refractivity contribution < 1.29 is 29.3 Å². The highest BCUT2D eigenvalue weighted by atomic mass is 16.5. The first-order valence-corrected chi connectivity index (χ1v) is 16.2. The minimum absolute atomic E-state index is 0.0672. The Balaban J connectivity index is 1.46. The number of aliphatic hydroxyl groups excluding tert-OH is 1. The molecule has 9 heteroatoms. The molecule has 2 heterocycles. The fraction of sp³-hybridized carbons (Fsp3) is 0.647. The molecular weight excluding hydrogens is 546 g/mol. The number of aromatic hydroxyl groups is 1. The van der Waals surface area contributed by atoms with Crippen LogP contribution in [0.25, 0.3) is 0 Å². The molecule has 1 aromatic rings. The zero-order valence-electron chi connectivity index (χ0n) is 26.0. The molecule has 0 bridgehead atoms. The van der Waals surface area contributed by atoms with Crippen LogP contribution in [0.1, 0.15) is 102 Å². The molecule has 2 fully saturated rings. The Morgan fingerprint density at radius 2 is 2.00 bits per heavy atom. The van der Waals surface area contributed by atoms with Gasteiger partial charge in [-0.3, -0.25) is 9.59 Å². The third-order valence-corrected chi connectivity index (χ3v) is 8.76. The van der Waals surface area contributed by atoms with Crippen molar-refractivity contribution >= 4 is 11.9 Å². The second-order valence-corrected chi connectivity index (χ2v) is 12.6. The Bertz CT molecular complexity index is 1160. The molecule has 3 aliphatic rings. The number of esters is 1. The van der Waals surface area contributed by atoms with Crippen LogP contribution in [0.15, 0.2) is 35.7 Å². The van der Waals surface area contributed by atoms with E-state index < -0.39 is 12.2 Å². The predicted octanol–water partition coefficient (Wildman–Crippen LogP) is 4.98. The number of carbonyl (C=O) groups is 2. The number of likely N-dealkylation sites (tertiary alicyclic amines) is 1. The van der Waals surface area contributed by atoms with Crippen LogP contribution in [0, 0.1) is 5.92 Å². The first-order chi connectivity index (χ1) is 20.7. The van der Waals surface area contributed by atoms with Gasteiger partial charge in [0.25, 0.3) is 0 Å². The summed E-state index contributed by atoms with van der Waals surface area (Å²) in [4.78, 5) is 26.7. The number of ether oxygens (including phenoxy) is 2. The number of aryl methyl sites for hydroxylation is 1. The average molecular weight is 598 g/mol. The third-order valence-electron chi connectivity index (χ3n) is 8.76. The van der Waals surface area contributed by atoms with Gasteiger partial charge in [-0.05, 0) is 80.6 Å². The van der Waals surface area contributed by atoms with E-state index in [1.54, 1.807) is 0 Å². The Hall–Kier alpha value is -3.20. The highest BCUT2D eigenvalue weighted by molar-refractivity contribution is 5.79. The number of rotatable bonds is 16. The van der Waals surface area contributed by atoms with Crippen LogP contribution in [-0.2, 0) is 27.3 Å². The number of benzene rings is 1. The maximum Gasteiger partial charge on any atom is 0.302 e. The number of allylic oxidation sites excluding steroid dienone is 2. The number of dihydropyridines is 1. The monoisotopic (exact) mass is 597 g/mol. The average Bonchev–Trinajstić information content (AvgIpc) is 3.58. The van der Waals surface area contributed by atoms with Gasteiger partial charge in [0.05, 0.1) is 18.0 Å². The number of unbranched alkanes of at least 4 members (excludes halogenated alkanes) is 2. The van der Waals surface area contributed by atoms with E-state index in [2.05, 4.69) is 18.3 Å². The Morgan fingerprint density at radius 1 is 1.21 bits per heavy atom. The summed E-state index contributed by atoms with van der Waals surface area (Å²) in [5, 5.41) is 24.9. The number of phenolic OH excluding ortho intramolecular Hbond substituents is 1. The second-order valence-electron chi connectivity index (χ2n) is 12.6. The molecule has 9 nitrogen and oxygen atoms in total. The van der Waals surface area contributed by atoms with Gasteiger partial charge in [0.1, 0.15) is 6.10 Å². The minimum Gasteiger partial charge on any atom is -0.504 e. The van der Waals surface area contributed by atoms with Crippen LogP contribution in [-0.4, -0.2) is 58.4 Å². The fourth-order valence-electron chi connectivity index (χ4n) is 6.54. The topological polar surface area (TPSA) is 134 Å². The van der Waals surface area contributed by atoms with Crippen molar-refractivity contribution in [2.45, 2.75) is 122 Å². The zero-order chi connectivity index (χ0) is 30.8. The summed E-state index contributed by atoms with van der Waals surface area (Å²) in [5.74, 6) is 1.10. The molecule has 5 N–H and O–H groups in total. The highest BCUT2D eigenvalue weighted by Gasteiger charge is 2.31. The van der Waals surface area contributed by atoms with Crippen molar-refractivity contribution in [1.82, 2.24) is 10.2 Å². The number of amides is 1. The fourth-order valence-corrected chi connectivity index (χ4v) is 6.54. The van der Waals surface area contributed by atoms with Gasteiger partial charge in [-0.1, -0.05) is 38.3 Å². The molecule has 1 amide bonds. The Morgan fingerprint density at radius 3 is 2.72 bits per heavy atom. The SMILES string of the molecule is CCCCC[C@H](O)C[C@@H](CCc1cc(CN2C[C@@H](CC3=CCNC(N)=C3)CC2=O)c(O)c(OC2CCCC2)c1)OC(C)=O. The van der Waals surface area contributed by atoms with E-state index >= 15 is 0 Å². The highest BCUT2D eigenvalue weighted by Crippen LogP contribution is 2.37. The summed E-state index contributed by atoms with van der Waals surface area (Å²) in [5.41, 5.74) is 8.68. The molecule has 1 saturated carbocycles. The first kappa shape index (κ1) is 32.7. The molecule has 1 saturated heterocycles. The summed E-state index contributed by atoms with van der Waals surface area (Å²) in [6.45, 7) is 5.14. The molecule has 0 radical (unpaired) electrons. The molecule has 4 rings (SSSR count). The number of carbonyl (C=O) groups excluding carboxylic acids is 2. The first-order valence-electron chi connectivity index (χ1n) is 16.2. The maximum absolute atomic E-state index is 13.0. The number of hydrogen-bond acceptors (Lipinski definition) is 8. The molecule has 2 aliphatic heterocycles. The molecule has 0 spiro atoms. The van der Waals surface area contributed by atoms with Crippen molar-refractivity contribution in [3.63, 3.8) is 0 Å². The molecule has 238 valence electrons. The Labute approximate surface area is 256 Å². The zero-order valence-corrected chi connectivity index (χ0v) is 26.0. The van der Waals surface area contributed by atoms with Crippen LogP contribution in [0.5, 0.6) is 11.5 Å². The van der Waals surface area contributed by atoms with Crippen LogP contribution in [0.3, 0.4) is 0 Å². The number of aliphatic hydroxyl groups is 1. The number of nitrogens with two attached hydrogens (primary N) is 1. The van der Waals surface area contributed by atoms with Crippen LogP contribution < -0.4 is 15.8 Å². The molecular formula is C34H51N3O6. The molecule has 1 aliphatic carbocycles. The van der Waals surface area contributed by atoms with Gasteiger partial charge in [0.2, 0.25) is 5.91 Å². The quantitative estimate of drug-likeness (QED) is 0.155. The third kappa shape index (κ3) is 10.2. The summed E-state index contributed by atoms with van der Waals surface area (Å²) < 4.78 is 11.9. The van der Waals surface area contributed by atoms with Crippen molar-refractivity contribution in [1.29, 1.82) is 0 Å². The number of hydrogen-bond donors (Lipinski definition) is 4. The van der Waals surface area contributed by atoms with Gasteiger partial charge in [0.15, 0.2) is 11.5 Å². The lowest BCUT2D eigenvalue weighted by atomic mass is 9.97. The maximum atomic E-state index is 13.0. The molecule has 0 aromatic heterocycles. The van der Waals surface area contributed by atoms with Gasteiger partial charge in [-0.2, -0.15) is 0 Å². The lowest BCUT2D eigenvalue weighted by molar-refractivity contribution is -0.148. The number of phenols is 1. The van der Waals surface area contributed by atoms with Gasteiger partial charge < -0.3 is 35.6 Å². The van der Waals surface area contributed by atoms with E-state index in [9.17, 15) is 19.8 Å². The van der Waals surface area contributed by atoms with Gasteiger partial charge >= 0.3 is 5.97 Å². The second kappa shape index (κ2) is 16.0.